The van der Waals surface area contributed by atoms with E-state index >= 15 is 0 Å². The summed E-state index contributed by atoms with van der Waals surface area (Å²) >= 11 is 0. The molecule has 3 atom stereocenters. The fourth-order valence-corrected chi connectivity index (χ4v) is 3.17. The van der Waals surface area contributed by atoms with Crippen molar-refractivity contribution < 1.29 is 34.2 Å². The normalized spacial score (nSPS) is 15.4. The molecule has 0 radical (unpaired) electrons. The van der Waals surface area contributed by atoms with Crippen LogP contribution >= 0.6 is 0 Å². The van der Waals surface area contributed by atoms with E-state index in [2.05, 4.69) is 11.9 Å². The molecule has 0 saturated heterocycles. The molecule has 0 aliphatic heterocycles. The Morgan fingerprint density at radius 3 is 2.30 bits per heavy atom. The van der Waals surface area contributed by atoms with Crippen molar-refractivity contribution in [3.05, 3.63) is 12.7 Å². The second-order valence-electron chi connectivity index (χ2n) is 7.22. The smallest absolute Gasteiger partial charge is 0.311 e. The molecule has 1 amide bonds. The Morgan fingerprint density at radius 2 is 1.78 bits per heavy atom. The highest BCUT2D eigenvalue weighted by atomic mass is 16.4. The van der Waals surface area contributed by atoms with E-state index < -0.39 is 23.8 Å². The Bertz CT molecular complexity index is 473. The van der Waals surface area contributed by atoms with E-state index in [-0.39, 0.29) is 43.2 Å². The first kappa shape index (κ1) is 25.1. The zero-order valence-electron chi connectivity index (χ0n) is 16.5. The lowest BCUT2D eigenvalue weighted by Crippen LogP contribution is -2.59. The summed E-state index contributed by atoms with van der Waals surface area (Å²) in [5.74, 6) is -3.81. The van der Waals surface area contributed by atoms with Gasteiger partial charge in [0.25, 0.3) is 0 Å². The number of hydrogen-bond acceptors (Lipinski definition) is 5. The van der Waals surface area contributed by atoms with Crippen molar-refractivity contribution in [2.24, 2.45) is 11.8 Å². The number of nitrogens with zero attached hydrogens (tertiary/aromatic N) is 1. The van der Waals surface area contributed by atoms with Gasteiger partial charge in [0.2, 0.25) is 5.91 Å². The molecule has 0 rings (SSSR count). The number of aliphatic carboxylic acids is 2. The summed E-state index contributed by atoms with van der Waals surface area (Å²) in [6, 6.07) is 0. The molecule has 0 aromatic rings. The maximum atomic E-state index is 11.9. The van der Waals surface area contributed by atoms with Gasteiger partial charge in [0, 0.05) is 18.3 Å². The van der Waals surface area contributed by atoms with E-state index in [1.165, 1.54) is 6.92 Å². The molecule has 0 fully saturated rings. The monoisotopic (exact) mass is 386 g/mol. The van der Waals surface area contributed by atoms with Crippen LogP contribution < -0.4 is 10.4 Å². The number of unbranched alkanes of at least 4 members (excludes halogenated alkanes) is 2. The van der Waals surface area contributed by atoms with Gasteiger partial charge in [-0.25, -0.2) is 0 Å². The number of carbonyl (C=O) groups is 3. The average molecular weight is 386 g/mol. The van der Waals surface area contributed by atoms with E-state index in [0.717, 1.165) is 19.3 Å². The molecule has 8 nitrogen and oxygen atoms in total. The molecule has 0 aliphatic carbocycles. The zero-order valence-corrected chi connectivity index (χ0v) is 16.5. The van der Waals surface area contributed by atoms with Crippen molar-refractivity contribution in [2.75, 3.05) is 39.3 Å². The Hall–Kier alpha value is -1.93. The molecule has 27 heavy (non-hydrogen) atoms. The van der Waals surface area contributed by atoms with Gasteiger partial charge in [-0.2, -0.15) is 0 Å². The van der Waals surface area contributed by atoms with Gasteiger partial charge >= 0.3 is 5.97 Å². The van der Waals surface area contributed by atoms with Crippen LogP contribution in [0, 0.1) is 11.8 Å². The van der Waals surface area contributed by atoms with E-state index in [1.807, 2.05) is 0 Å². The van der Waals surface area contributed by atoms with Crippen LogP contribution in [0.3, 0.4) is 0 Å². The molecule has 0 aromatic heterocycles. The number of carboxylic acids is 2. The maximum Gasteiger partial charge on any atom is 0.311 e. The van der Waals surface area contributed by atoms with Crippen LogP contribution in [-0.4, -0.2) is 71.9 Å². The van der Waals surface area contributed by atoms with Crippen LogP contribution in [0.4, 0.5) is 0 Å². The summed E-state index contributed by atoms with van der Waals surface area (Å²) in [6.45, 7) is 7.62. The summed E-state index contributed by atoms with van der Waals surface area (Å²) in [7, 11) is 0. The molecule has 156 valence electrons. The topological polar surface area (TPSA) is 127 Å². The van der Waals surface area contributed by atoms with Crippen molar-refractivity contribution in [1.29, 1.82) is 0 Å². The fourth-order valence-electron chi connectivity index (χ4n) is 3.17. The molecule has 0 heterocycles. The number of aliphatic hydroxyl groups is 1. The van der Waals surface area contributed by atoms with E-state index in [4.69, 9.17) is 0 Å². The van der Waals surface area contributed by atoms with Gasteiger partial charge in [-0.05, 0) is 26.2 Å². The highest BCUT2D eigenvalue weighted by molar-refractivity contribution is 5.75. The first-order valence-corrected chi connectivity index (χ1v) is 9.44. The van der Waals surface area contributed by atoms with Crippen LogP contribution in [0.5, 0.6) is 0 Å². The maximum absolute atomic E-state index is 11.9. The largest absolute Gasteiger partial charge is 0.550 e. The van der Waals surface area contributed by atoms with E-state index in [0.29, 0.717) is 13.0 Å². The molecular formula is C19H34N2O6. The Labute approximate surface area is 161 Å². The molecule has 0 spiro atoms. The number of quaternary nitrogens is 1. The number of amides is 1. The van der Waals surface area contributed by atoms with Crippen LogP contribution in [-0.2, 0) is 14.4 Å². The van der Waals surface area contributed by atoms with Gasteiger partial charge in [0.1, 0.15) is 12.5 Å². The SMILES string of the molecule is C=CCCCCC(=O)NCC[N+](CCO)(CC(C)C(=O)[O-])CC(C)C(=O)O. The van der Waals surface area contributed by atoms with Gasteiger partial charge in [-0.1, -0.05) is 13.0 Å². The lowest BCUT2D eigenvalue weighted by Gasteiger charge is -2.41. The predicted molar refractivity (Wildman–Crippen MR) is 99.5 cm³/mol. The van der Waals surface area contributed by atoms with Crippen LogP contribution in [0.25, 0.3) is 0 Å². The second-order valence-corrected chi connectivity index (χ2v) is 7.22. The average Bonchev–Trinajstić information content (AvgIpc) is 2.58. The summed E-state index contributed by atoms with van der Waals surface area (Å²) in [5, 5.41) is 32.7. The van der Waals surface area contributed by atoms with Crippen molar-refractivity contribution in [1.82, 2.24) is 5.32 Å². The number of rotatable bonds is 16. The lowest BCUT2D eigenvalue weighted by molar-refractivity contribution is -0.931. The number of aliphatic hydroxyl groups excluding tert-OH is 1. The molecule has 8 heteroatoms. The fraction of sp³-hybridized carbons (Fsp3) is 0.737. The number of allylic oxidation sites excluding steroid dienone is 1. The Balaban J connectivity index is 4.93. The quantitative estimate of drug-likeness (QED) is 0.191. The van der Waals surface area contributed by atoms with E-state index in [1.54, 1.807) is 13.0 Å². The number of carboxylic acid groups (broad SMARTS) is 2. The minimum Gasteiger partial charge on any atom is -0.550 e. The summed E-state index contributed by atoms with van der Waals surface area (Å²) in [4.78, 5) is 34.4. The third-order valence-corrected chi connectivity index (χ3v) is 4.69. The van der Waals surface area contributed by atoms with Gasteiger partial charge in [0.15, 0.2) is 0 Å². The van der Waals surface area contributed by atoms with Gasteiger partial charge in [0.05, 0.1) is 32.8 Å². The highest BCUT2D eigenvalue weighted by Crippen LogP contribution is 2.16. The number of hydrogen-bond donors (Lipinski definition) is 3. The number of nitrogens with one attached hydrogen (secondary N) is 1. The summed E-state index contributed by atoms with van der Waals surface area (Å²) in [5.41, 5.74) is 0. The molecule has 3 unspecified atom stereocenters. The predicted octanol–water partition coefficient (Wildman–Crippen LogP) is -0.235. The third-order valence-electron chi connectivity index (χ3n) is 4.69. The summed E-state index contributed by atoms with van der Waals surface area (Å²) < 4.78 is 0.0931. The highest BCUT2D eigenvalue weighted by Gasteiger charge is 2.33. The standard InChI is InChI=1S/C19H34N2O6/c1-4-5-6-7-8-17(23)20-9-10-21(11-12-22,13-15(2)18(24)25)14-16(3)19(26)27/h4,15-16,22H,1,5-14H2,2-3H3,(H2-,20,23,24,25,26,27). The van der Waals surface area contributed by atoms with Crippen molar-refractivity contribution >= 4 is 17.8 Å². The van der Waals surface area contributed by atoms with Crippen LogP contribution in [0.1, 0.15) is 39.5 Å². The zero-order chi connectivity index (χ0) is 20.9. The van der Waals surface area contributed by atoms with Crippen molar-refractivity contribution in [3.63, 3.8) is 0 Å². The molecule has 0 aromatic carbocycles. The molecule has 0 saturated carbocycles. The molecule has 0 bridgehead atoms. The van der Waals surface area contributed by atoms with Crippen molar-refractivity contribution in [2.45, 2.75) is 39.5 Å². The molecule has 0 aliphatic rings. The van der Waals surface area contributed by atoms with Gasteiger partial charge in [-0.15, -0.1) is 6.58 Å². The first-order valence-electron chi connectivity index (χ1n) is 9.44. The lowest BCUT2D eigenvalue weighted by atomic mass is 10.1. The molecule has 3 N–H and O–H groups in total. The summed E-state index contributed by atoms with van der Waals surface area (Å²) in [6.07, 6.45) is 4.71. The minimum absolute atomic E-state index is 0.0931. The molecular weight excluding hydrogens is 352 g/mol. The Kier molecular flexibility index (Phi) is 12.3. The third kappa shape index (κ3) is 10.7. The van der Waals surface area contributed by atoms with Crippen LogP contribution in [0.2, 0.25) is 0 Å². The second kappa shape index (κ2) is 13.3. The van der Waals surface area contributed by atoms with Gasteiger partial charge < -0.3 is 29.9 Å². The van der Waals surface area contributed by atoms with Gasteiger partial charge in [-0.3, -0.25) is 9.59 Å². The Morgan fingerprint density at radius 1 is 1.15 bits per heavy atom. The van der Waals surface area contributed by atoms with E-state index in [9.17, 15) is 29.7 Å². The minimum atomic E-state index is -1.22. The number of carbonyl (C=O) groups excluding carboxylic acids is 2. The first-order chi connectivity index (χ1) is 12.7. The van der Waals surface area contributed by atoms with Crippen molar-refractivity contribution in [3.8, 4) is 0 Å². The van der Waals surface area contributed by atoms with Crippen LogP contribution in [0.15, 0.2) is 12.7 Å².